The Balaban J connectivity index is 0.845. The van der Waals surface area contributed by atoms with Crippen LogP contribution in [-0.2, 0) is 109 Å². The van der Waals surface area contributed by atoms with Gasteiger partial charge in [-0.3, -0.25) is 9.59 Å². The summed E-state index contributed by atoms with van der Waals surface area (Å²) < 4.78 is 111. The maximum absolute atomic E-state index is 13.2. The van der Waals surface area contributed by atoms with Gasteiger partial charge in [0.25, 0.3) is 0 Å². The summed E-state index contributed by atoms with van der Waals surface area (Å²) in [5, 5.41) is 386. The Labute approximate surface area is 761 Å². The van der Waals surface area contributed by atoms with Crippen molar-refractivity contribution in [3.63, 3.8) is 0 Å². The zero-order chi connectivity index (χ0) is 99.7. The van der Waals surface area contributed by atoms with Crippen LogP contribution in [0.5, 0.6) is 0 Å². The van der Waals surface area contributed by atoms with Gasteiger partial charge in [0.05, 0.1) is 109 Å². The molecule has 10 aliphatic heterocycles. The molecule has 34 N–H and O–H groups in total. The van der Waals surface area contributed by atoms with Gasteiger partial charge in [-0.15, -0.1) is 0 Å². The third-order valence-electron chi connectivity index (χ3n) is 25.7. The van der Waals surface area contributed by atoms with Gasteiger partial charge in [-0.25, -0.2) is 4.99 Å². The summed E-state index contributed by atoms with van der Waals surface area (Å²) in [7, 11) is 0. The molecule has 11 aliphatic rings. The maximum Gasteiger partial charge on any atom is 0.237 e. The molecule has 0 radical (unpaired) electrons. The molecule has 54 atom stereocenters. The lowest BCUT2D eigenvalue weighted by Crippen LogP contribution is -2.73. The van der Waals surface area contributed by atoms with E-state index in [0.29, 0.717) is 0 Å². The number of nitrogens with one attached hydrogen (secondary N) is 2. The van der Waals surface area contributed by atoms with Crippen LogP contribution in [-0.4, -0.2) is 584 Å². The topological polar surface area (TPSA) is 974 Å². The number of carboxylic acids is 2. The molecular weight excluding hydrogens is 1850 g/mol. The second-order valence-electron chi connectivity index (χ2n) is 34.5. The second-order valence-corrected chi connectivity index (χ2v) is 34.5. The maximum atomic E-state index is 13.2. The van der Waals surface area contributed by atoms with Crippen LogP contribution in [0, 0.1) is 17.8 Å². The van der Waals surface area contributed by atoms with Crippen molar-refractivity contribution < 1.29 is 283 Å². The molecule has 0 aromatic heterocycles. The van der Waals surface area contributed by atoms with E-state index in [9.17, 15) is 193 Å². The quantitative estimate of drug-likeness (QED) is 0.0273. The number of ether oxygens (including phenoxy) is 19. The van der Waals surface area contributed by atoms with Gasteiger partial charge in [0.15, 0.2) is 43.6 Å². The Bertz CT molecular complexity index is 3800. The summed E-state index contributed by atoms with van der Waals surface area (Å²) in [4.78, 5) is 56.3. The minimum absolute atomic E-state index is 0.0136. The monoisotopic (exact) mass is 1980 g/mol. The summed E-state index contributed by atoms with van der Waals surface area (Å²) in [5.41, 5.74) is 0. The van der Waals surface area contributed by atoms with Gasteiger partial charge in [0.2, 0.25) is 29.7 Å². The highest BCUT2D eigenvalue weighted by Crippen LogP contribution is 2.45. The number of hydrogen-bond acceptors (Lipinski definition) is 58. The summed E-state index contributed by atoms with van der Waals surface area (Å²) in [5.74, 6) is -20.2. The molecule has 60 nitrogen and oxygen atoms in total. The number of nitrogens with zero attached hydrogens (tertiary/aromatic N) is 1. The number of aliphatic hydroxyl groups excluding tert-OH is 32. The van der Waals surface area contributed by atoms with Crippen molar-refractivity contribution in [2.45, 2.75) is 339 Å². The number of fused-ring (bicyclic) bond motifs is 1. The minimum Gasteiger partial charge on any atom is -0.544 e. The van der Waals surface area contributed by atoms with E-state index >= 15 is 0 Å². The molecule has 135 heavy (non-hydrogen) atoms. The van der Waals surface area contributed by atoms with Crippen LogP contribution in [0.3, 0.4) is 0 Å². The van der Waals surface area contributed by atoms with E-state index in [4.69, 9.17) is 90.0 Å². The largest absolute Gasteiger partial charge is 0.544 e. The van der Waals surface area contributed by atoms with E-state index in [1.807, 2.05) is 0 Å². The standard InChI is InChI=1S/C75H123N3O57/c1-17(88)76-35-47(101)58(130-68-54(108)50(104)44(98)31(127-68)15-118-74(72(113)114)63(111)33(39(93)21(90)6-80)41(95)25(9-83)134-74)28(12-86)124-66(35)129-57-23(4-20(5-79)38(92)52(57)106)121-61-46(100)30(126-70(56(61)110)132-60-27(11-85)123-65-37(49(60)103)78-19(3)120-65)14-117-71-62(53(107)43(97)24(8-82)122-71)133-67-36(77-18(2)89)48(102)59(29(13-87)125-67)131-69-55(109)51(105)45(99)32(128-69)16-119-75(73(115)116)64(112)34(40(94)22(91)7-81)42(96)26(10-84)135-75/h20-71,79-87,90-112H,4-16H2,1-3H3,(H,76,88)(H,77,89)(H,113,114)(H,115,116)/p-2/t20-,21-,22-,23+,24?,25-,26-,27?,28?,29?,30?,31?,32?,33?,34?,35?,36?,37?,38-,39-,40-,41-,42-,43+,44+,45+,46+,47-,48-,49-,50+,51+,52?,53+,54?,55?,56?,57?,58+,59+,60+,61+,62?,63?,64?,65-,66+,67+,68+,69+,70+,71-,74+,75+/m1/s1. The van der Waals surface area contributed by atoms with Gasteiger partial charge in [-0.2, -0.15) is 0 Å². The molecule has 1 aliphatic carbocycles. The molecular formula is C75H121N3O57-2. The first-order chi connectivity index (χ1) is 63.7. The van der Waals surface area contributed by atoms with E-state index in [1.54, 1.807) is 0 Å². The van der Waals surface area contributed by atoms with E-state index in [0.717, 1.165) is 13.8 Å². The third-order valence-corrected chi connectivity index (χ3v) is 25.7. The van der Waals surface area contributed by atoms with Gasteiger partial charge in [-0.05, 0) is 6.42 Å². The number of carbonyl (C=O) groups is 4. The van der Waals surface area contributed by atoms with E-state index in [1.165, 1.54) is 6.92 Å². The number of amides is 2. The zero-order valence-corrected chi connectivity index (χ0v) is 71.7. The highest BCUT2D eigenvalue weighted by molar-refractivity contribution is 5.76. The van der Waals surface area contributed by atoms with Crippen LogP contribution >= 0.6 is 0 Å². The van der Waals surface area contributed by atoms with Crippen molar-refractivity contribution in [3.05, 3.63) is 0 Å². The first-order valence-electron chi connectivity index (χ1n) is 42.8. The number of aliphatic hydroxyl groups is 32. The number of aliphatic carboxylic acids is 2. The molecule has 60 heteroatoms. The average Bonchev–Trinajstić information content (AvgIpc) is 1.70. The van der Waals surface area contributed by atoms with Crippen molar-refractivity contribution in [2.75, 3.05) is 79.3 Å². The third kappa shape index (κ3) is 22.6. The Kier molecular flexibility index (Phi) is 38.4. The Morgan fingerprint density at radius 1 is 0.378 bits per heavy atom. The van der Waals surface area contributed by atoms with Crippen molar-refractivity contribution >= 4 is 29.7 Å². The number of aliphatic imine (C=N–C) groups is 1. The summed E-state index contributed by atoms with van der Waals surface area (Å²) in [6, 6.07) is -5.46. The fourth-order valence-corrected chi connectivity index (χ4v) is 18.2. The SMILES string of the molecule is CC(=O)NC1[C@H](OC2C(O)[C@H](O)[C@@H](CO)C[C@@H]2O[C@@H]2C(O)[C@H](O[C@H]3C(CO)O[C@H]4OC(C)=NC4[C@H]3O)OC(CO[C@@H]3OC(CO)[C@H](O)[C@H](O)C3O[C@@H]3OC(CO)[C@H](O[C@@H]4OC(CO[C@]5(C(=O)[O-])O[C@H](CO)[C@@H](O)C([C@H](O)[C@H](O)CO)C5O)[C@H](O)[C@H](O)C4O)[C@H](O)C3NC(C)=O)[C@@H]2O)OC(CO)[C@H](O[C@@H]2OC(CO[C@]3(C(=O)[O-])O[C@H](CO)[C@@H](O)C([C@H](O)[C@H](O)CO)C3O)[C@H](O)[C@H](O)C2O)[C@@H]1O. The number of carboxylic acid groups (broad SMARTS) is 2. The number of carbonyl (C=O) groups excluding carboxylic acids is 4. The molecule has 1 saturated carbocycles. The molecule has 0 spiro atoms. The van der Waals surface area contributed by atoms with Gasteiger partial charge in [0.1, 0.15) is 231 Å². The number of hydrogen-bond donors (Lipinski definition) is 34. The first-order valence-corrected chi connectivity index (χ1v) is 42.8. The first kappa shape index (κ1) is 111. The normalized spacial score (nSPS) is 48.5. The average molecular weight is 1980 g/mol. The molecule has 9 saturated heterocycles. The van der Waals surface area contributed by atoms with Gasteiger partial charge >= 0.3 is 0 Å². The summed E-state index contributed by atoms with van der Waals surface area (Å²) in [6.45, 7) is -11.5. The molecule has 11 rings (SSSR count). The molecule has 0 aromatic rings. The Morgan fingerprint density at radius 3 is 1.16 bits per heavy atom. The van der Waals surface area contributed by atoms with E-state index < -0.39 is 439 Å². The van der Waals surface area contributed by atoms with Crippen molar-refractivity contribution in [1.29, 1.82) is 0 Å². The van der Waals surface area contributed by atoms with Crippen LogP contribution in [0.4, 0.5) is 0 Å². The molecule has 0 aromatic carbocycles. The highest BCUT2D eigenvalue weighted by atomic mass is 16.8. The minimum atomic E-state index is -3.59. The molecule has 780 valence electrons. The molecule has 10 fully saturated rings. The summed E-state index contributed by atoms with van der Waals surface area (Å²) in [6.07, 6.45) is -103. The molecule has 10 heterocycles. The van der Waals surface area contributed by atoms with Crippen molar-refractivity contribution in [1.82, 2.24) is 10.6 Å². The Hall–Kier alpha value is -4.65. The lowest BCUT2D eigenvalue weighted by atomic mass is 9.78. The van der Waals surface area contributed by atoms with Crippen LogP contribution in [0.1, 0.15) is 27.2 Å². The van der Waals surface area contributed by atoms with Crippen molar-refractivity contribution in [3.8, 4) is 0 Å². The second kappa shape index (κ2) is 46.8. The van der Waals surface area contributed by atoms with Crippen LogP contribution in [0.2, 0.25) is 0 Å². The molecule has 2 amide bonds. The zero-order valence-electron chi connectivity index (χ0n) is 71.7. The van der Waals surface area contributed by atoms with Gasteiger partial charge < -0.3 is 284 Å². The smallest absolute Gasteiger partial charge is 0.237 e. The van der Waals surface area contributed by atoms with Gasteiger partial charge in [-0.1, -0.05) is 0 Å². The van der Waals surface area contributed by atoms with Crippen LogP contribution < -0.4 is 20.8 Å². The Morgan fingerprint density at radius 2 is 0.748 bits per heavy atom. The lowest BCUT2D eigenvalue weighted by molar-refractivity contribution is -0.412. The molecule has 20 unspecified atom stereocenters. The predicted molar refractivity (Wildman–Crippen MR) is 407 cm³/mol. The highest BCUT2D eigenvalue weighted by Gasteiger charge is 2.65. The molecule has 0 bridgehead atoms. The number of rotatable bonds is 38. The summed E-state index contributed by atoms with van der Waals surface area (Å²) >= 11 is 0. The fourth-order valence-electron chi connectivity index (χ4n) is 18.2. The van der Waals surface area contributed by atoms with Crippen LogP contribution in [0.15, 0.2) is 4.99 Å². The fraction of sp³-hybridized carbons (Fsp3) is 0.933. The van der Waals surface area contributed by atoms with E-state index in [-0.39, 0.29) is 5.90 Å². The van der Waals surface area contributed by atoms with Crippen LogP contribution in [0.25, 0.3) is 0 Å². The van der Waals surface area contributed by atoms with E-state index in [2.05, 4.69) is 15.6 Å². The lowest BCUT2D eigenvalue weighted by Gasteiger charge is -2.52. The van der Waals surface area contributed by atoms with Crippen molar-refractivity contribution in [2.24, 2.45) is 22.7 Å². The predicted octanol–water partition coefficient (Wildman–Crippen LogP) is -26.2. The van der Waals surface area contributed by atoms with Gasteiger partial charge in [0, 0.05) is 45.1 Å².